The zero-order valence-electron chi connectivity index (χ0n) is 24.5. The Bertz CT molecular complexity index is 1090. The summed E-state index contributed by atoms with van der Waals surface area (Å²) in [4.78, 5) is 50.9. The van der Waals surface area contributed by atoms with E-state index in [9.17, 15) is 19.2 Å². The lowest BCUT2D eigenvalue weighted by Crippen LogP contribution is -2.34. The van der Waals surface area contributed by atoms with Gasteiger partial charge in [0.05, 0.1) is 12.7 Å². The highest BCUT2D eigenvalue weighted by Crippen LogP contribution is 2.27. The number of hydrogen-bond donors (Lipinski definition) is 3. The van der Waals surface area contributed by atoms with E-state index in [1.165, 1.54) is 10.8 Å². The number of hydrogen-bond acceptors (Lipinski definition) is 6. The summed E-state index contributed by atoms with van der Waals surface area (Å²) in [6, 6.07) is 0. The van der Waals surface area contributed by atoms with Gasteiger partial charge in [0.25, 0.3) is 11.5 Å². The Morgan fingerprint density at radius 3 is 2.52 bits per heavy atom. The first-order valence-electron chi connectivity index (χ1n) is 15.0. The minimum atomic E-state index is -0.637. The fourth-order valence-electron chi connectivity index (χ4n) is 4.51. The van der Waals surface area contributed by atoms with Gasteiger partial charge in [-0.1, -0.05) is 59.3 Å². The van der Waals surface area contributed by atoms with Crippen LogP contribution in [0.4, 0.5) is 0 Å². The molecule has 40 heavy (non-hydrogen) atoms. The van der Waals surface area contributed by atoms with Gasteiger partial charge < -0.3 is 20.1 Å². The number of unbranched alkanes of at least 4 members (excludes halogenated alkanes) is 5. The van der Waals surface area contributed by atoms with E-state index < -0.39 is 23.4 Å². The summed E-state index contributed by atoms with van der Waals surface area (Å²) in [5.41, 5.74) is -1.18. The highest BCUT2D eigenvalue weighted by Gasteiger charge is 2.27. The zero-order valence-corrected chi connectivity index (χ0v) is 24.5. The molecule has 10 nitrogen and oxygen atoms in total. The molecular weight excluding hydrogens is 512 g/mol. The van der Waals surface area contributed by atoms with Crippen molar-refractivity contribution in [3.8, 4) is 11.8 Å². The zero-order chi connectivity index (χ0) is 29.2. The average Bonchev–Trinajstić information content (AvgIpc) is 3.39. The van der Waals surface area contributed by atoms with Crippen molar-refractivity contribution in [3.05, 3.63) is 32.6 Å². The van der Waals surface area contributed by atoms with Crippen LogP contribution in [0.1, 0.15) is 110 Å². The molecule has 10 heteroatoms. The summed E-state index contributed by atoms with van der Waals surface area (Å²) in [6.07, 6.45) is 11.7. The largest absolute Gasteiger partial charge is 0.379 e. The van der Waals surface area contributed by atoms with Gasteiger partial charge in [-0.05, 0) is 43.9 Å². The number of nitrogens with one attached hydrogen (secondary N) is 3. The molecule has 2 heterocycles. The first-order chi connectivity index (χ1) is 19.3. The third-order valence-corrected chi connectivity index (χ3v) is 6.92. The van der Waals surface area contributed by atoms with Crippen LogP contribution in [0.3, 0.4) is 0 Å². The highest BCUT2D eigenvalue weighted by molar-refractivity contribution is 5.93. The van der Waals surface area contributed by atoms with Gasteiger partial charge in [-0.25, -0.2) is 4.79 Å². The summed E-state index contributed by atoms with van der Waals surface area (Å²) in [5.74, 6) is 5.08. The molecule has 3 atom stereocenters. The third-order valence-electron chi connectivity index (χ3n) is 6.92. The number of carbonyl (C=O) groups is 2. The molecule has 224 valence electrons. The molecule has 0 bridgehead atoms. The second-order valence-electron chi connectivity index (χ2n) is 10.6. The van der Waals surface area contributed by atoms with Crippen molar-refractivity contribution in [2.45, 2.75) is 110 Å². The van der Waals surface area contributed by atoms with Gasteiger partial charge in [0, 0.05) is 38.2 Å². The van der Waals surface area contributed by atoms with Gasteiger partial charge in [0.1, 0.15) is 11.8 Å². The lowest BCUT2D eigenvalue weighted by atomic mass is 10.0. The summed E-state index contributed by atoms with van der Waals surface area (Å²) in [5, 5.41) is 5.72. The molecule has 0 saturated carbocycles. The molecule has 1 aromatic heterocycles. The van der Waals surface area contributed by atoms with Crippen molar-refractivity contribution in [1.29, 1.82) is 0 Å². The molecule has 0 radical (unpaired) electrons. The van der Waals surface area contributed by atoms with E-state index >= 15 is 0 Å². The first-order valence-corrected chi connectivity index (χ1v) is 15.0. The van der Waals surface area contributed by atoms with Crippen LogP contribution in [-0.4, -0.2) is 53.8 Å². The predicted octanol–water partition coefficient (Wildman–Crippen LogP) is 3.39. The molecule has 0 aromatic carbocycles. The molecule has 1 unspecified atom stereocenters. The molecule has 2 amide bonds. The SMILES string of the molecule is CCCCOC[C@@H]1CC[C@H](n2cc(C#CC(=O)NCCCCCCNC(=O)CC(C)CCCC)c(=O)[nH]c2=O)O1. The maximum Gasteiger partial charge on any atom is 0.330 e. The minimum absolute atomic E-state index is 0.0304. The standard InChI is InChI=1S/C30H48N4O6/c1-4-6-12-23(3)20-27(36)32-18-11-9-8-10-17-31-26(35)15-13-24-21-34(30(38)33-29(24)37)28-16-14-25(40-28)22-39-19-7-5-2/h21,23,25,28H,4-12,14,16-20,22H2,1-3H3,(H,31,35)(H,32,36)(H,33,37,38)/t23?,25-,28+/m0/s1. The van der Waals surface area contributed by atoms with Gasteiger partial charge in [0.2, 0.25) is 5.91 Å². The maximum absolute atomic E-state index is 12.4. The average molecular weight is 561 g/mol. The molecule has 0 aliphatic carbocycles. The van der Waals surface area contributed by atoms with Gasteiger partial charge >= 0.3 is 5.69 Å². The molecule has 0 spiro atoms. The number of rotatable bonds is 18. The van der Waals surface area contributed by atoms with Crippen LogP contribution in [0.2, 0.25) is 0 Å². The summed E-state index contributed by atoms with van der Waals surface area (Å²) in [6.45, 7) is 8.68. The number of aromatic nitrogens is 2. The van der Waals surface area contributed by atoms with Crippen LogP contribution in [-0.2, 0) is 19.1 Å². The van der Waals surface area contributed by atoms with Crippen molar-refractivity contribution in [1.82, 2.24) is 20.2 Å². The van der Waals surface area contributed by atoms with E-state index in [-0.39, 0.29) is 17.6 Å². The number of nitrogens with zero attached hydrogens (tertiary/aromatic N) is 1. The quantitative estimate of drug-likeness (QED) is 0.186. The number of ether oxygens (including phenoxy) is 2. The summed E-state index contributed by atoms with van der Waals surface area (Å²) in [7, 11) is 0. The molecule has 1 saturated heterocycles. The molecular formula is C30H48N4O6. The highest BCUT2D eigenvalue weighted by atomic mass is 16.6. The Labute approximate surface area is 238 Å². The van der Waals surface area contributed by atoms with Crippen LogP contribution in [0, 0.1) is 17.8 Å². The molecule has 1 fully saturated rings. The number of carbonyl (C=O) groups excluding carboxylic acids is 2. The molecule has 1 aliphatic rings. The smallest absolute Gasteiger partial charge is 0.330 e. The van der Waals surface area contributed by atoms with Crippen LogP contribution in [0.15, 0.2) is 15.8 Å². The van der Waals surface area contributed by atoms with Gasteiger partial charge in [-0.15, -0.1) is 0 Å². The minimum Gasteiger partial charge on any atom is -0.379 e. The van der Waals surface area contributed by atoms with Crippen molar-refractivity contribution >= 4 is 11.8 Å². The van der Waals surface area contributed by atoms with Gasteiger partial charge in [0.15, 0.2) is 0 Å². The molecule has 3 N–H and O–H groups in total. The summed E-state index contributed by atoms with van der Waals surface area (Å²) < 4.78 is 12.9. The fourth-order valence-corrected chi connectivity index (χ4v) is 4.51. The normalized spacial score (nSPS) is 17.2. The summed E-state index contributed by atoms with van der Waals surface area (Å²) >= 11 is 0. The third kappa shape index (κ3) is 13.0. The van der Waals surface area contributed by atoms with Crippen LogP contribution in [0.25, 0.3) is 0 Å². The van der Waals surface area contributed by atoms with Crippen LogP contribution in [0.5, 0.6) is 0 Å². The predicted molar refractivity (Wildman–Crippen MR) is 155 cm³/mol. The number of H-pyrrole nitrogens is 1. The van der Waals surface area contributed by atoms with E-state index in [1.54, 1.807) is 0 Å². The number of aromatic amines is 1. The topological polar surface area (TPSA) is 132 Å². The molecule has 1 aliphatic heterocycles. The van der Waals surface area contributed by atoms with E-state index in [4.69, 9.17) is 9.47 Å². The number of amides is 2. The van der Waals surface area contributed by atoms with E-state index in [1.807, 2.05) is 0 Å². The lowest BCUT2D eigenvalue weighted by molar-refractivity contribution is -0.122. The van der Waals surface area contributed by atoms with E-state index in [0.29, 0.717) is 45.1 Å². The van der Waals surface area contributed by atoms with Crippen molar-refractivity contribution in [2.75, 3.05) is 26.3 Å². The Morgan fingerprint density at radius 2 is 1.80 bits per heavy atom. The van der Waals surface area contributed by atoms with Crippen molar-refractivity contribution < 1.29 is 19.1 Å². The van der Waals surface area contributed by atoms with Crippen LogP contribution < -0.4 is 21.9 Å². The van der Waals surface area contributed by atoms with E-state index in [2.05, 4.69) is 48.2 Å². The maximum atomic E-state index is 12.4. The second-order valence-corrected chi connectivity index (χ2v) is 10.6. The monoisotopic (exact) mass is 560 g/mol. The van der Waals surface area contributed by atoms with Gasteiger partial charge in [-0.2, -0.15) is 0 Å². The van der Waals surface area contributed by atoms with Gasteiger partial charge in [-0.3, -0.25) is 23.9 Å². The van der Waals surface area contributed by atoms with Crippen molar-refractivity contribution in [3.63, 3.8) is 0 Å². The fraction of sp³-hybridized carbons (Fsp3) is 0.733. The Morgan fingerprint density at radius 1 is 1.07 bits per heavy atom. The Hall–Kier alpha value is -2.90. The Kier molecular flexibility index (Phi) is 16.0. The Balaban J connectivity index is 1.68. The molecule has 1 aromatic rings. The van der Waals surface area contributed by atoms with Crippen LogP contribution >= 0.6 is 0 Å². The second kappa shape index (κ2) is 19.2. The lowest BCUT2D eigenvalue weighted by Gasteiger charge is -2.16. The first kappa shape index (κ1) is 33.3. The van der Waals surface area contributed by atoms with Crippen molar-refractivity contribution in [2.24, 2.45) is 5.92 Å². The van der Waals surface area contributed by atoms with E-state index in [0.717, 1.165) is 64.2 Å². The molecule has 2 rings (SSSR count).